The first-order valence-corrected chi connectivity index (χ1v) is 8.33. The summed E-state index contributed by atoms with van der Waals surface area (Å²) in [6, 6.07) is 3.51. The Hall–Kier alpha value is -2.24. The standard InChI is InChI=1S/C18H21F2N3O/c1-2-16-21-8-11-23(16)12-13-6-9-22(10-7-13)18(24)17-14(19)4-3-5-15(17)20/h3-5,8,11,13H,2,6-7,9-10,12H2,1H3. The minimum absolute atomic E-state index is 0.444. The highest BCUT2D eigenvalue weighted by atomic mass is 19.1. The Bertz CT molecular complexity index is 701. The van der Waals surface area contributed by atoms with Gasteiger partial charge in [-0.1, -0.05) is 13.0 Å². The second-order valence-electron chi connectivity index (χ2n) is 6.18. The molecule has 1 fully saturated rings. The van der Waals surface area contributed by atoms with Crippen LogP contribution in [0.5, 0.6) is 0 Å². The number of amides is 1. The highest BCUT2D eigenvalue weighted by molar-refractivity contribution is 5.94. The molecule has 0 bridgehead atoms. The summed E-state index contributed by atoms with van der Waals surface area (Å²) in [4.78, 5) is 18.3. The third-order valence-corrected chi connectivity index (χ3v) is 4.65. The molecule has 0 radical (unpaired) electrons. The molecule has 6 heteroatoms. The van der Waals surface area contributed by atoms with Crippen molar-refractivity contribution in [3.63, 3.8) is 0 Å². The van der Waals surface area contributed by atoms with Crippen molar-refractivity contribution >= 4 is 5.91 Å². The number of carbonyl (C=O) groups is 1. The van der Waals surface area contributed by atoms with E-state index in [1.54, 1.807) is 11.1 Å². The average Bonchev–Trinajstić information content (AvgIpc) is 3.02. The fraction of sp³-hybridized carbons (Fsp3) is 0.444. The maximum atomic E-state index is 13.8. The average molecular weight is 333 g/mol. The van der Waals surface area contributed by atoms with E-state index in [1.807, 2.05) is 6.20 Å². The summed E-state index contributed by atoms with van der Waals surface area (Å²) in [5.74, 6) is -0.650. The molecule has 1 aliphatic rings. The van der Waals surface area contributed by atoms with Crippen molar-refractivity contribution in [2.24, 2.45) is 5.92 Å². The summed E-state index contributed by atoms with van der Waals surface area (Å²) >= 11 is 0. The number of rotatable bonds is 4. The second kappa shape index (κ2) is 7.11. The van der Waals surface area contributed by atoms with E-state index in [4.69, 9.17) is 0 Å². The maximum absolute atomic E-state index is 13.8. The molecular formula is C18H21F2N3O. The second-order valence-corrected chi connectivity index (χ2v) is 6.18. The molecule has 1 saturated heterocycles. The van der Waals surface area contributed by atoms with Gasteiger partial charge in [0.25, 0.3) is 5.91 Å². The summed E-state index contributed by atoms with van der Waals surface area (Å²) in [5.41, 5.74) is -0.446. The van der Waals surface area contributed by atoms with Crippen molar-refractivity contribution in [2.45, 2.75) is 32.7 Å². The molecule has 3 rings (SSSR count). The van der Waals surface area contributed by atoms with Crippen LogP contribution < -0.4 is 0 Å². The number of benzene rings is 1. The number of aromatic nitrogens is 2. The van der Waals surface area contributed by atoms with Crippen LogP contribution in [0.25, 0.3) is 0 Å². The summed E-state index contributed by atoms with van der Waals surface area (Å²) in [6.45, 7) is 3.99. The molecule has 1 amide bonds. The molecular weight excluding hydrogens is 312 g/mol. The number of carbonyl (C=O) groups excluding carboxylic acids is 1. The molecule has 24 heavy (non-hydrogen) atoms. The van der Waals surface area contributed by atoms with Gasteiger partial charge < -0.3 is 9.47 Å². The van der Waals surface area contributed by atoms with Crippen LogP contribution in [0.2, 0.25) is 0 Å². The van der Waals surface area contributed by atoms with Gasteiger partial charge in [-0.05, 0) is 30.9 Å². The zero-order valence-corrected chi connectivity index (χ0v) is 13.7. The zero-order valence-electron chi connectivity index (χ0n) is 13.7. The molecule has 128 valence electrons. The number of nitrogens with zero attached hydrogens (tertiary/aromatic N) is 3. The Balaban J connectivity index is 1.62. The van der Waals surface area contributed by atoms with Gasteiger partial charge in [0.05, 0.1) is 0 Å². The lowest BCUT2D eigenvalue weighted by Crippen LogP contribution is -2.40. The van der Waals surface area contributed by atoms with Crippen LogP contribution in [0, 0.1) is 17.6 Å². The smallest absolute Gasteiger partial charge is 0.259 e. The summed E-state index contributed by atoms with van der Waals surface area (Å²) < 4.78 is 29.7. The number of imidazole rings is 1. The van der Waals surface area contributed by atoms with Crippen LogP contribution in [0.3, 0.4) is 0 Å². The monoisotopic (exact) mass is 333 g/mol. The first-order valence-electron chi connectivity index (χ1n) is 8.33. The Morgan fingerprint density at radius 2 is 1.92 bits per heavy atom. The molecule has 1 aromatic carbocycles. The van der Waals surface area contributed by atoms with Crippen LogP contribution in [0.4, 0.5) is 8.78 Å². The molecule has 0 spiro atoms. The molecule has 0 unspecified atom stereocenters. The van der Waals surface area contributed by atoms with Gasteiger partial charge in [-0.2, -0.15) is 0 Å². The van der Waals surface area contributed by atoms with Gasteiger partial charge in [0, 0.05) is 38.4 Å². The number of hydrogen-bond donors (Lipinski definition) is 0. The molecule has 2 aromatic rings. The third kappa shape index (κ3) is 3.32. The first-order chi connectivity index (χ1) is 11.6. The van der Waals surface area contributed by atoms with Gasteiger partial charge in [-0.3, -0.25) is 4.79 Å². The van der Waals surface area contributed by atoms with Crippen LogP contribution in [0.15, 0.2) is 30.6 Å². The lowest BCUT2D eigenvalue weighted by molar-refractivity contribution is 0.0672. The van der Waals surface area contributed by atoms with E-state index in [-0.39, 0.29) is 0 Å². The van der Waals surface area contributed by atoms with E-state index in [2.05, 4.69) is 16.5 Å². The van der Waals surface area contributed by atoms with E-state index in [0.29, 0.717) is 19.0 Å². The Labute approximate surface area is 140 Å². The Morgan fingerprint density at radius 1 is 1.25 bits per heavy atom. The third-order valence-electron chi connectivity index (χ3n) is 4.65. The summed E-state index contributed by atoms with van der Waals surface area (Å²) in [5, 5.41) is 0. The normalized spacial score (nSPS) is 15.7. The van der Waals surface area contributed by atoms with Crippen molar-refractivity contribution in [1.82, 2.24) is 14.5 Å². The topological polar surface area (TPSA) is 38.1 Å². The van der Waals surface area contributed by atoms with Crippen LogP contribution in [-0.2, 0) is 13.0 Å². The molecule has 0 aliphatic carbocycles. The van der Waals surface area contributed by atoms with E-state index in [0.717, 1.165) is 43.8 Å². The van der Waals surface area contributed by atoms with Gasteiger partial charge >= 0.3 is 0 Å². The summed E-state index contributed by atoms with van der Waals surface area (Å²) in [7, 11) is 0. The zero-order chi connectivity index (χ0) is 17.1. The molecule has 1 aliphatic heterocycles. The molecule has 2 heterocycles. The van der Waals surface area contributed by atoms with Crippen LogP contribution >= 0.6 is 0 Å². The minimum atomic E-state index is -0.798. The lowest BCUT2D eigenvalue weighted by atomic mass is 9.96. The summed E-state index contributed by atoms with van der Waals surface area (Å²) in [6.07, 6.45) is 6.31. The van der Waals surface area contributed by atoms with Crippen molar-refractivity contribution in [3.8, 4) is 0 Å². The SMILES string of the molecule is CCc1nccn1CC1CCN(C(=O)c2c(F)cccc2F)CC1. The van der Waals surface area contributed by atoms with E-state index in [9.17, 15) is 13.6 Å². The van der Waals surface area contributed by atoms with Crippen molar-refractivity contribution < 1.29 is 13.6 Å². The number of piperidine rings is 1. The first kappa shape index (κ1) is 16.6. The van der Waals surface area contributed by atoms with Gasteiger partial charge in [-0.25, -0.2) is 13.8 Å². The predicted molar refractivity (Wildman–Crippen MR) is 86.6 cm³/mol. The largest absolute Gasteiger partial charge is 0.338 e. The van der Waals surface area contributed by atoms with Crippen LogP contribution in [0.1, 0.15) is 35.9 Å². The minimum Gasteiger partial charge on any atom is -0.338 e. The number of halogens is 2. The van der Waals surface area contributed by atoms with Crippen molar-refractivity contribution in [1.29, 1.82) is 0 Å². The van der Waals surface area contributed by atoms with E-state index in [1.165, 1.54) is 6.07 Å². The maximum Gasteiger partial charge on any atom is 0.259 e. The number of hydrogen-bond acceptors (Lipinski definition) is 2. The highest BCUT2D eigenvalue weighted by Gasteiger charge is 2.27. The van der Waals surface area contributed by atoms with Crippen molar-refractivity contribution in [3.05, 3.63) is 53.6 Å². The lowest BCUT2D eigenvalue weighted by Gasteiger charge is -2.32. The van der Waals surface area contributed by atoms with E-state index < -0.39 is 23.1 Å². The molecule has 1 aromatic heterocycles. The molecule has 0 N–H and O–H groups in total. The van der Waals surface area contributed by atoms with Gasteiger partial charge in [0.2, 0.25) is 0 Å². The Morgan fingerprint density at radius 3 is 2.54 bits per heavy atom. The Kier molecular flexibility index (Phi) is 4.92. The fourth-order valence-electron chi connectivity index (χ4n) is 3.28. The molecule has 0 saturated carbocycles. The van der Waals surface area contributed by atoms with Crippen molar-refractivity contribution in [2.75, 3.05) is 13.1 Å². The van der Waals surface area contributed by atoms with Crippen LogP contribution in [-0.4, -0.2) is 33.4 Å². The quantitative estimate of drug-likeness (QED) is 0.861. The number of aryl methyl sites for hydroxylation is 1. The fourth-order valence-corrected chi connectivity index (χ4v) is 3.28. The molecule has 0 atom stereocenters. The van der Waals surface area contributed by atoms with E-state index >= 15 is 0 Å². The van der Waals surface area contributed by atoms with Gasteiger partial charge in [0.1, 0.15) is 23.0 Å². The van der Waals surface area contributed by atoms with Gasteiger partial charge in [-0.15, -0.1) is 0 Å². The molecule has 4 nitrogen and oxygen atoms in total. The highest BCUT2D eigenvalue weighted by Crippen LogP contribution is 2.23. The number of likely N-dealkylation sites (tertiary alicyclic amines) is 1. The predicted octanol–water partition coefficient (Wildman–Crippen LogP) is 3.28. The van der Waals surface area contributed by atoms with Gasteiger partial charge in [0.15, 0.2) is 0 Å².